The van der Waals surface area contributed by atoms with Crippen molar-refractivity contribution < 1.29 is 15.0 Å². The first-order valence-corrected chi connectivity index (χ1v) is 10.4. The van der Waals surface area contributed by atoms with Crippen LogP contribution in [0.2, 0.25) is 0 Å². The summed E-state index contributed by atoms with van der Waals surface area (Å²) in [6.45, 7) is 1.94. The zero-order chi connectivity index (χ0) is 22.2. The molecule has 6 heteroatoms. The Labute approximate surface area is 182 Å². The van der Waals surface area contributed by atoms with Gasteiger partial charge in [0, 0.05) is 23.5 Å². The lowest BCUT2D eigenvalue weighted by Gasteiger charge is -2.25. The highest BCUT2D eigenvalue weighted by atomic mass is 16.4. The maximum atomic E-state index is 11.3. The molecule has 3 atom stereocenters. The first-order valence-electron chi connectivity index (χ1n) is 10.4. The number of hydrogen-bond acceptors (Lipinski definition) is 4. The number of nitrogens with two attached hydrogens (primary N) is 1. The molecule has 3 rings (SSSR count). The van der Waals surface area contributed by atoms with E-state index in [1.807, 2.05) is 79.9 Å². The summed E-state index contributed by atoms with van der Waals surface area (Å²) < 4.78 is 0. The van der Waals surface area contributed by atoms with Crippen molar-refractivity contribution in [1.82, 2.24) is 10.3 Å². The lowest BCUT2D eigenvalue weighted by molar-refractivity contribution is 0.105. The number of benzene rings is 2. The van der Waals surface area contributed by atoms with E-state index in [4.69, 9.17) is 5.73 Å². The minimum absolute atomic E-state index is 0.271. The summed E-state index contributed by atoms with van der Waals surface area (Å²) in [7, 11) is 0. The van der Waals surface area contributed by atoms with Crippen LogP contribution in [0.15, 0.2) is 72.9 Å². The van der Waals surface area contributed by atoms with Gasteiger partial charge in [-0.05, 0) is 48.9 Å². The highest BCUT2D eigenvalue weighted by Gasteiger charge is 2.24. The first kappa shape index (κ1) is 22.5. The van der Waals surface area contributed by atoms with Gasteiger partial charge in [0.2, 0.25) is 0 Å². The van der Waals surface area contributed by atoms with Gasteiger partial charge in [-0.15, -0.1) is 0 Å². The van der Waals surface area contributed by atoms with Crippen LogP contribution < -0.4 is 11.1 Å². The maximum Gasteiger partial charge on any atom is 0.404 e. The molecule has 3 aromatic rings. The van der Waals surface area contributed by atoms with Gasteiger partial charge in [0.15, 0.2) is 0 Å². The number of amides is 1. The van der Waals surface area contributed by atoms with Gasteiger partial charge < -0.3 is 21.3 Å². The third-order valence-corrected chi connectivity index (χ3v) is 5.31. The van der Waals surface area contributed by atoms with Crippen LogP contribution in [0.1, 0.15) is 23.2 Å². The van der Waals surface area contributed by atoms with E-state index in [-0.39, 0.29) is 6.04 Å². The van der Waals surface area contributed by atoms with Gasteiger partial charge in [-0.2, -0.15) is 0 Å². The van der Waals surface area contributed by atoms with E-state index in [9.17, 15) is 15.0 Å². The molecule has 0 fully saturated rings. The normalized spacial score (nSPS) is 13.9. The third kappa shape index (κ3) is 6.91. The molecular formula is C25H29N3O3. The second kappa shape index (κ2) is 10.7. The van der Waals surface area contributed by atoms with Gasteiger partial charge in [0.25, 0.3) is 0 Å². The first-order chi connectivity index (χ1) is 14.9. The Bertz CT molecular complexity index is 960. The molecular weight excluding hydrogens is 390 g/mol. The molecule has 0 aliphatic rings. The number of rotatable bonds is 9. The predicted octanol–water partition coefficient (Wildman–Crippen LogP) is 3.56. The molecule has 0 radical (unpaired) electrons. The van der Waals surface area contributed by atoms with Crippen LogP contribution in [-0.2, 0) is 12.8 Å². The number of nitrogens with one attached hydrogen (secondary N) is 1. The molecule has 0 saturated carbocycles. The van der Waals surface area contributed by atoms with Gasteiger partial charge >= 0.3 is 6.09 Å². The Kier molecular flexibility index (Phi) is 7.76. The Hall–Kier alpha value is -3.22. The van der Waals surface area contributed by atoms with E-state index in [1.165, 1.54) is 0 Å². The Morgan fingerprint density at radius 2 is 1.61 bits per heavy atom. The molecule has 1 heterocycles. The lowest BCUT2D eigenvalue weighted by atomic mass is 9.93. The zero-order valence-corrected chi connectivity index (χ0v) is 17.6. The van der Waals surface area contributed by atoms with Crippen LogP contribution in [0, 0.1) is 6.92 Å². The third-order valence-electron chi connectivity index (χ3n) is 5.31. The second-order valence-corrected chi connectivity index (χ2v) is 7.90. The van der Waals surface area contributed by atoms with E-state index in [0.717, 1.165) is 27.9 Å². The molecule has 0 unspecified atom stereocenters. The zero-order valence-electron chi connectivity index (χ0n) is 17.6. The van der Waals surface area contributed by atoms with Gasteiger partial charge in [-0.3, -0.25) is 4.98 Å². The van der Waals surface area contributed by atoms with Crippen molar-refractivity contribution in [3.8, 4) is 11.1 Å². The number of aliphatic hydroxyl groups is 1. The van der Waals surface area contributed by atoms with Gasteiger partial charge in [0.1, 0.15) is 0 Å². The number of carbonyl (C=O) groups is 1. The summed E-state index contributed by atoms with van der Waals surface area (Å²) in [4.78, 5) is 15.6. The number of carboxylic acid groups (broad SMARTS) is 1. The van der Waals surface area contributed by atoms with Crippen LogP contribution in [0.25, 0.3) is 11.1 Å². The van der Waals surface area contributed by atoms with Gasteiger partial charge in [-0.25, -0.2) is 4.79 Å². The van der Waals surface area contributed by atoms with Crippen molar-refractivity contribution in [2.45, 2.75) is 44.4 Å². The largest absolute Gasteiger partial charge is 0.465 e. The van der Waals surface area contributed by atoms with E-state index in [0.29, 0.717) is 19.3 Å². The summed E-state index contributed by atoms with van der Waals surface area (Å²) in [5.74, 6) is 0. The molecule has 6 nitrogen and oxygen atoms in total. The quantitative estimate of drug-likeness (QED) is 0.424. The highest BCUT2D eigenvalue weighted by molar-refractivity contribution is 5.65. The lowest BCUT2D eigenvalue weighted by Crippen LogP contribution is -2.46. The molecule has 0 aliphatic heterocycles. The molecule has 1 amide bonds. The van der Waals surface area contributed by atoms with Crippen LogP contribution in [0.3, 0.4) is 0 Å². The maximum absolute atomic E-state index is 11.3. The Morgan fingerprint density at radius 3 is 2.23 bits per heavy atom. The van der Waals surface area contributed by atoms with E-state index in [1.54, 1.807) is 0 Å². The van der Waals surface area contributed by atoms with Crippen LogP contribution in [0.4, 0.5) is 4.79 Å². The van der Waals surface area contributed by atoms with Crippen molar-refractivity contribution in [3.63, 3.8) is 0 Å². The Balaban J connectivity index is 1.64. The van der Waals surface area contributed by atoms with E-state index >= 15 is 0 Å². The fourth-order valence-electron chi connectivity index (χ4n) is 3.64. The molecule has 0 aliphatic carbocycles. The summed E-state index contributed by atoms with van der Waals surface area (Å²) in [6, 6.07) is 20.7. The predicted molar refractivity (Wildman–Crippen MR) is 122 cm³/mol. The number of aryl methyl sites for hydroxylation is 1. The summed E-state index contributed by atoms with van der Waals surface area (Å²) in [5.41, 5.74) is 11.3. The van der Waals surface area contributed by atoms with Crippen molar-refractivity contribution in [2.24, 2.45) is 5.73 Å². The minimum Gasteiger partial charge on any atom is -0.465 e. The van der Waals surface area contributed by atoms with Crippen LogP contribution in [-0.4, -0.2) is 39.5 Å². The number of aromatic nitrogens is 1. The molecule has 162 valence electrons. The van der Waals surface area contributed by atoms with Crippen LogP contribution >= 0.6 is 0 Å². The molecule has 0 spiro atoms. The van der Waals surface area contributed by atoms with Gasteiger partial charge in [0.05, 0.1) is 12.1 Å². The fourth-order valence-corrected chi connectivity index (χ4v) is 3.64. The number of aliphatic hydroxyl groups excluding tert-OH is 1. The topological polar surface area (TPSA) is 108 Å². The Morgan fingerprint density at radius 1 is 0.968 bits per heavy atom. The van der Waals surface area contributed by atoms with E-state index in [2.05, 4.69) is 10.3 Å². The van der Waals surface area contributed by atoms with Gasteiger partial charge in [-0.1, -0.05) is 60.7 Å². The fraction of sp³-hybridized carbons (Fsp3) is 0.280. The smallest absolute Gasteiger partial charge is 0.404 e. The SMILES string of the molecule is Cc1ccc(-c2ccc(C[C@H](NC(=O)O)[C@@H](O)C[C@@H](N)Cc3ccccc3)cc2)cn1. The molecule has 0 saturated heterocycles. The second-order valence-electron chi connectivity index (χ2n) is 7.90. The highest BCUT2D eigenvalue weighted by Crippen LogP contribution is 2.20. The average Bonchev–Trinajstić information content (AvgIpc) is 2.75. The molecule has 2 aromatic carbocycles. The monoisotopic (exact) mass is 419 g/mol. The molecule has 0 bridgehead atoms. The number of nitrogens with zero attached hydrogens (tertiary/aromatic N) is 1. The summed E-state index contributed by atoms with van der Waals surface area (Å²) in [6.07, 6.45) is 1.07. The van der Waals surface area contributed by atoms with Crippen molar-refractivity contribution >= 4 is 6.09 Å². The minimum atomic E-state index is -1.16. The number of pyridine rings is 1. The molecule has 5 N–H and O–H groups in total. The van der Waals surface area contributed by atoms with E-state index < -0.39 is 18.2 Å². The molecule has 1 aromatic heterocycles. The van der Waals surface area contributed by atoms with Crippen molar-refractivity contribution in [2.75, 3.05) is 0 Å². The summed E-state index contributed by atoms with van der Waals surface area (Å²) in [5, 5.41) is 22.4. The standard InChI is InChI=1S/C25H29N3O3/c1-17-7-10-21(16-27-17)20-11-8-19(9-12-20)14-23(28-25(30)31)24(29)15-22(26)13-18-5-3-2-4-6-18/h2-12,16,22-24,28-29H,13-15,26H2,1H3,(H,30,31)/t22-,23-,24-/m0/s1. The van der Waals surface area contributed by atoms with Crippen molar-refractivity contribution in [3.05, 3.63) is 89.7 Å². The summed E-state index contributed by atoms with van der Waals surface area (Å²) >= 11 is 0. The average molecular weight is 420 g/mol. The van der Waals surface area contributed by atoms with Crippen molar-refractivity contribution in [1.29, 1.82) is 0 Å². The van der Waals surface area contributed by atoms with Crippen LogP contribution in [0.5, 0.6) is 0 Å². The number of hydrogen-bond donors (Lipinski definition) is 4. The molecule has 31 heavy (non-hydrogen) atoms.